The standard InChI is InChI=1S/C16H25NS/c1-10(2)11-8-16(4)13-5-6-15(3,7-12(11)13)14(16)18-9-17/h10-14H,5-8H2,1-4H3/t11-,12+,13+,14-,15-,16-/m0/s1. The van der Waals surface area contributed by atoms with Crippen molar-refractivity contribution in [2.75, 3.05) is 0 Å². The van der Waals surface area contributed by atoms with Crippen molar-refractivity contribution < 1.29 is 0 Å². The van der Waals surface area contributed by atoms with Crippen LogP contribution in [0.3, 0.4) is 0 Å². The molecule has 0 aliphatic heterocycles. The van der Waals surface area contributed by atoms with Gasteiger partial charge in [0.15, 0.2) is 0 Å². The highest BCUT2D eigenvalue weighted by molar-refractivity contribution is 8.04. The van der Waals surface area contributed by atoms with Crippen molar-refractivity contribution in [1.29, 1.82) is 5.26 Å². The van der Waals surface area contributed by atoms with Crippen LogP contribution in [0.15, 0.2) is 0 Å². The molecule has 4 aliphatic carbocycles. The van der Waals surface area contributed by atoms with Gasteiger partial charge in [0.25, 0.3) is 0 Å². The van der Waals surface area contributed by atoms with Gasteiger partial charge >= 0.3 is 0 Å². The lowest BCUT2D eigenvalue weighted by atomic mass is 9.50. The second-order valence-corrected chi connectivity index (χ2v) is 8.76. The quantitative estimate of drug-likeness (QED) is 0.675. The molecule has 4 aliphatic rings. The molecule has 0 saturated heterocycles. The van der Waals surface area contributed by atoms with E-state index in [1.54, 1.807) is 11.8 Å². The minimum Gasteiger partial charge on any atom is -0.185 e. The molecule has 0 amide bonds. The Hall–Kier alpha value is -0.160. The van der Waals surface area contributed by atoms with Gasteiger partial charge in [0, 0.05) is 5.25 Å². The van der Waals surface area contributed by atoms with Crippen molar-refractivity contribution in [3.05, 3.63) is 0 Å². The molecular weight excluding hydrogens is 238 g/mol. The Balaban J connectivity index is 2.01. The van der Waals surface area contributed by atoms with Gasteiger partial charge in [0.1, 0.15) is 5.40 Å². The number of thiocyanates is 1. The molecule has 0 spiro atoms. The summed E-state index contributed by atoms with van der Waals surface area (Å²) in [5.74, 6) is 3.57. The third-order valence-corrected chi connectivity index (χ3v) is 8.03. The Labute approximate surface area is 116 Å². The summed E-state index contributed by atoms with van der Waals surface area (Å²) >= 11 is 1.59. The average Bonchev–Trinajstić information content (AvgIpc) is 2.55. The number of nitriles is 1. The first-order valence-electron chi connectivity index (χ1n) is 7.47. The molecule has 4 rings (SSSR count). The van der Waals surface area contributed by atoms with E-state index in [-0.39, 0.29) is 0 Å². The molecular formula is C16H25NS. The highest BCUT2D eigenvalue weighted by Crippen LogP contribution is 2.72. The van der Waals surface area contributed by atoms with Crippen molar-refractivity contribution in [3.63, 3.8) is 0 Å². The van der Waals surface area contributed by atoms with E-state index in [0.29, 0.717) is 16.1 Å². The molecule has 2 heteroatoms. The maximum Gasteiger partial charge on any atom is 0.133 e. The minimum absolute atomic E-state index is 0.429. The van der Waals surface area contributed by atoms with Gasteiger partial charge in [-0.05, 0) is 71.9 Å². The molecule has 6 atom stereocenters. The Kier molecular flexibility index (Phi) is 2.80. The zero-order valence-electron chi connectivity index (χ0n) is 12.1. The van der Waals surface area contributed by atoms with Gasteiger partial charge in [-0.3, -0.25) is 0 Å². The largest absolute Gasteiger partial charge is 0.185 e. The van der Waals surface area contributed by atoms with Gasteiger partial charge in [-0.25, -0.2) is 0 Å². The van der Waals surface area contributed by atoms with Crippen LogP contribution in [0.25, 0.3) is 0 Å². The number of nitrogens with zero attached hydrogens (tertiary/aromatic N) is 1. The number of rotatable bonds is 2. The first-order valence-corrected chi connectivity index (χ1v) is 8.35. The van der Waals surface area contributed by atoms with Crippen LogP contribution >= 0.6 is 11.8 Å². The number of hydrogen-bond donors (Lipinski definition) is 0. The predicted octanol–water partition coefficient (Wildman–Crippen LogP) is 4.69. The fourth-order valence-corrected chi connectivity index (χ4v) is 7.10. The highest BCUT2D eigenvalue weighted by atomic mass is 32.2. The van der Waals surface area contributed by atoms with Gasteiger partial charge in [0.2, 0.25) is 0 Å². The maximum atomic E-state index is 9.19. The first kappa shape index (κ1) is 12.9. The van der Waals surface area contributed by atoms with E-state index in [9.17, 15) is 5.26 Å². The van der Waals surface area contributed by atoms with E-state index in [1.165, 1.54) is 25.7 Å². The fraction of sp³-hybridized carbons (Fsp3) is 0.938. The fourth-order valence-electron chi connectivity index (χ4n) is 5.96. The van der Waals surface area contributed by atoms with Crippen molar-refractivity contribution in [2.45, 2.75) is 58.6 Å². The molecule has 0 radical (unpaired) electrons. The van der Waals surface area contributed by atoms with E-state index in [2.05, 4.69) is 33.1 Å². The summed E-state index contributed by atoms with van der Waals surface area (Å²) in [6.45, 7) is 9.76. The van der Waals surface area contributed by atoms with E-state index in [1.807, 2.05) is 0 Å². The van der Waals surface area contributed by atoms with Crippen LogP contribution in [0.4, 0.5) is 0 Å². The molecule has 100 valence electrons. The molecule has 0 unspecified atom stereocenters. The zero-order chi connectivity index (χ0) is 13.1. The molecule has 0 aromatic rings. The van der Waals surface area contributed by atoms with E-state index < -0.39 is 0 Å². The average molecular weight is 263 g/mol. The second kappa shape index (κ2) is 3.92. The molecule has 0 N–H and O–H groups in total. The van der Waals surface area contributed by atoms with Gasteiger partial charge < -0.3 is 0 Å². The van der Waals surface area contributed by atoms with Gasteiger partial charge in [-0.2, -0.15) is 5.26 Å². The Bertz CT molecular complexity index is 398. The van der Waals surface area contributed by atoms with Crippen LogP contribution in [-0.4, -0.2) is 5.25 Å². The summed E-state index contributed by atoms with van der Waals surface area (Å²) in [7, 11) is 0. The Morgan fingerprint density at radius 1 is 1.28 bits per heavy atom. The van der Waals surface area contributed by atoms with Gasteiger partial charge in [-0.15, -0.1) is 0 Å². The SMILES string of the molecule is CC(C)[C@@H]1C[C@@]2(C)[C@@H]3CC[C@@](C)(C[C@@H]31)[C@@H]2SC#N. The molecule has 1 nitrogen and oxygen atoms in total. The summed E-state index contributed by atoms with van der Waals surface area (Å²) in [6.07, 6.45) is 5.53. The molecule has 0 aromatic heterocycles. The lowest BCUT2D eigenvalue weighted by Gasteiger charge is -2.59. The predicted molar refractivity (Wildman–Crippen MR) is 77.0 cm³/mol. The van der Waals surface area contributed by atoms with Crippen LogP contribution in [0, 0.1) is 45.2 Å². The van der Waals surface area contributed by atoms with E-state index >= 15 is 0 Å². The maximum absolute atomic E-state index is 9.19. The van der Waals surface area contributed by atoms with E-state index in [0.717, 1.165) is 23.7 Å². The summed E-state index contributed by atoms with van der Waals surface area (Å²) in [4.78, 5) is 0. The van der Waals surface area contributed by atoms with E-state index in [4.69, 9.17) is 0 Å². The van der Waals surface area contributed by atoms with Crippen molar-refractivity contribution in [1.82, 2.24) is 0 Å². The van der Waals surface area contributed by atoms with Crippen LogP contribution in [0.5, 0.6) is 0 Å². The molecule has 0 heterocycles. The normalized spacial score (nSPS) is 53.8. The third kappa shape index (κ3) is 1.46. The molecule has 18 heavy (non-hydrogen) atoms. The zero-order valence-corrected chi connectivity index (χ0v) is 12.9. The number of fused-ring (bicyclic) bond motifs is 1. The Morgan fingerprint density at radius 2 is 2.00 bits per heavy atom. The third-order valence-electron chi connectivity index (χ3n) is 6.58. The minimum atomic E-state index is 0.429. The summed E-state index contributed by atoms with van der Waals surface area (Å²) in [5.41, 5.74) is 0.865. The summed E-state index contributed by atoms with van der Waals surface area (Å²) in [6, 6.07) is 0. The van der Waals surface area contributed by atoms with Crippen molar-refractivity contribution in [3.8, 4) is 5.40 Å². The van der Waals surface area contributed by atoms with Crippen molar-refractivity contribution >= 4 is 11.8 Å². The molecule has 0 aromatic carbocycles. The van der Waals surface area contributed by atoms with Crippen LogP contribution in [-0.2, 0) is 0 Å². The molecule has 4 saturated carbocycles. The van der Waals surface area contributed by atoms with Gasteiger partial charge in [0.05, 0.1) is 0 Å². The lowest BCUT2D eigenvalue weighted by Crippen LogP contribution is -2.55. The van der Waals surface area contributed by atoms with Crippen LogP contribution in [0.2, 0.25) is 0 Å². The summed E-state index contributed by atoms with van der Waals surface area (Å²) in [5, 5.41) is 12.2. The molecule has 4 fully saturated rings. The summed E-state index contributed by atoms with van der Waals surface area (Å²) < 4.78 is 0. The topological polar surface area (TPSA) is 23.8 Å². The lowest BCUT2D eigenvalue weighted by molar-refractivity contribution is -0.0351. The Morgan fingerprint density at radius 3 is 2.61 bits per heavy atom. The smallest absolute Gasteiger partial charge is 0.133 e. The van der Waals surface area contributed by atoms with Crippen LogP contribution < -0.4 is 0 Å². The monoisotopic (exact) mass is 263 g/mol. The number of thioether (sulfide) groups is 1. The van der Waals surface area contributed by atoms with Gasteiger partial charge in [-0.1, -0.05) is 27.7 Å². The second-order valence-electron chi connectivity index (χ2n) is 7.87. The first-order chi connectivity index (χ1) is 8.42. The van der Waals surface area contributed by atoms with Crippen molar-refractivity contribution in [2.24, 2.45) is 34.5 Å². The highest BCUT2D eigenvalue weighted by Gasteiger charge is 2.66. The number of hydrogen-bond acceptors (Lipinski definition) is 2. The van der Waals surface area contributed by atoms with Crippen LogP contribution in [0.1, 0.15) is 53.4 Å². The molecule has 4 bridgehead atoms.